The third kappa shape index (κ3) is 4.05. The van der Waals surface area contributed by atoms with Crippen molar-refractivity contribution >= 4 is 21.9 Å². The molecule has 0 atom stereocenters. The van der Waals surface area contributed by atoms with E-state index in [4.69, 9.17) is 14.4 Å². The van der Waals surface area contributed by atoms with Crippen LogP contribution in [0.5, 0.6) is 0 Å². The Morgan fingerprint density at radius 2 is 1.13 bits per heavy atom. The maximum absolute atomic E-state index is 6.72. The lowest BCUT2D eigenvalue weighted by molar-refractivity contribution is 0.660. The Labute approximate surface area is 267 Å². The molecule has 2 aromatic heterocycles. The minimum atomic E-state index is -0.110. The molecule has 0 spiro atoms. The van der Waals surface area contributed by atoms with Crippen LogP contribution in [0.4, 0.5) is 0 Å². The molecule has 0 saturated heterocycles. The van der Waals surface area contributed by atoms with E-state index in [-0.39, 0.29) is 5.41 Å². The lowest BCUT2D eigenvalue weighted by Crippen LogP contribution is -2.14. The summed E-state index contributed by atoms with van der Waals surface area (Å²) in [7, 11) is 0. The van der Waals surface area contributed by atoms with Gasteiger partial charge in [-0.2, -0.15) is 0 Å². The molecule has 46 heavy (non-hydrogen) atoms. The molecule has 3 nitrogen and oxygen atoms in total. The molecular weight excluding hydrogens is 560 g/mol. The van der Waals surface area contributed by atoms with Crippen LogP contribution in [0.1, 0.15) is 25.0 Å². The molecule has 0 saturated carbocycles. The second-order valence-electron chi connectivity index (χ2n) is 12.6. The molecule has 8 aromatic rings. The second-order valence-corrected chi connectivity index (χ2v) is 12.6. The number of rotatable bonds is 4. The van der Waals surface area contributed by atoms with E-state index in [1.54, 1.807) is 0 Å². The highest BCUT2D eigenvalue weighted by atomic mass is 16.3. The Morgan fingerprint density at radius 1 is 0.478 bits per heavy atom. The maximum Gasteiger partial charge on any atom is 0.160 e. The topological polar surface area (TPSA) is 38.9 Å². The van der Waals surface area contributed by atoms with E-state index in [0.29, 0.717) is 5.82 Å². The summed E-state index contributed by atoms with van der Waals surface area (Å²) < 4.78 is 6.72. The Bertz CT molecular complexity index is 2380. The molecule has 9 rings (SSSR count). The van der Waals surface area contributed by atoms with Crippen molar-refractivity contribution < 1.29 is 4.42 Å². The van der Waals surface area contributed by atoms with Gasteiger partial charge in [0.1, 0.15) is 11.2 Å². The van der Waals surface area contributed by atoms with Crippen molar-refractivity contribution in [3.63, 3.8) is 0 Å². The predicted octanol–water partition coefficient (Wildman–Crippen LogP) is 11.4. The maximum atomic E-state index is 6.72. The van der Waals surface area contributed by atoms with Gasteiger partial charge in [-0.1, -0.05) is 135 Å². The van der Waals surface area contributed by atoms with Crippen LogP contribution in [0, 0.1) is 0 Å². The van der Waals surface area contributed by atoms with E-state index in [1.165, 1.54) is 22.3 Å². The van der Waals surface area contributed by atoms with Crippen LogP contribution < -0.4 is 0 Å². The van der Waals surface area contributed by atoms with Gasteiger partial charge < -0.3 is 4.42 Å². The number of nitrogens with zero attached hydrogens (tertiary/aromatic N) is 2. The first-order chi connectivity index (χ1) is 22.6. The SMILES string of the molecule is CC1(C)c2ccccc2-c2ccc(-c3ccc4c(oc5ccccc54)c3-c3cc(-c4ccccc4)nc(-c4ccccc4)n3)cc21. The predicted molar refractivity (Wildman–Crippen MR) is 189 cm³/mol. The zero-order chi connectivity index (χ0) is 30.8. The van der Waals surface area contributed by atoms with E-state index in [0.717, 1.165) is 61.1 Å². The molecule has 0 unspecified atom stereocenters. The lowest BCUT2D eigenvalue weighted by atomic mass is 9.81. The van der Waals surface area contributed by atoms with Crippen molar-refractivity contribution in [2.24, 2.45) is 0 Å². The summed E-state index contributed by atoms with van der Waals surface area (Å²) in [5, 5.41) is 2.17. The van der Waals surface area contributed by atoms with E-state index in [1.807, 2.05) is 36.4 Å². The van der Waals surface area contributed by atoms with Crippen LogP contribution >= 0.6 is 0 Å². The largest absolute Gasteiger partial charge is 0.455 e. The van der Waals surface area contributed by atoms with Crippen LogP contribution in [0.15, 0.2) is 150 Å². The highest BCUT2D eigenvalue weighted by molar-refractivity contribution is 6.12. The summed E-state index contributed by atoms with van der Waals surface area (Å²) in [5.74, 6) is 0.682. The number of fused-ring (bicyclic) bond motifs is 6. The lowest BCUT2D eigenvalue weighted by Gasteiger charge is -2.22. The Hall–Kier alpha value is -5.80. The molecule has 1 aliphatic carbocycles. The molecule has 0 aliphatic heterocycles. The van der Waals surface area contributed by atoms with Gasteiger partial charge in [-0.05, 0) is 57.6 Å². The normalized spacial score (nSPS) is 13.2. The number of hydrogen-bond donors (Lipinski definition) is 0. The smallest absolute Gasteiger partial charge is 0.160 e. The average Bonchev–Trinajstić information content (AvgIpc) is 3.60. The number of furan rings is 1. The summed E-state index contributed by atoms with van der Waals surface area (Å²) in [6, 6.07) is 51.1. The highest BCUT2D eigenvalue weighted by Crippen LogP contribution is 2.50. The van der Waals surface area contributed by atoms with Gasteiger partial charge in [-0.3, -0.25) is 0 Å². The third-order valence-electron chi connectivity index (χ3n) is 9.53. The molecule has 0 bridgehead atoms. The number of hydrogen-bond acceptors (Lipinski definition) is 3. The molecule has 0 N–H and O–H groups in total. The van der Waals surface area contributed by atoms with Crippen molar-refractivity contribution in [3.8, 4) is 56.2 Å². The summed E-state index contributed by atoms with van der Waals surface area (Å²) in [4.78, 5) is 10.3. The zero-order valence-electron chi connectivity index (χ0n) is 25.7. The van der Waals surface area contributed by atoms with Crippen LogP contribution in [-0.4, -0.2) is 9.97 Å². The first-order valence-corrected chi connectivity index (χ1v) is 15.8. The van der Waals surface area contributed by atoms with Gasteiger partial charge in [-0.25, -0.2) is 9.97 Å². The summed E-state index contributed by atoms with van der Waals surface area (Å²) in [6.07, 6.45) is 0. The molecule has 1 aliphatic rings. The van der Waals surface area contributed by atoms with Gasteiger partial charge in [0.2, 0.25) is 0 Å². The van der Waals surface area contributed by atoms with Crippen LogP contribution in [0.3, 0.4) is 0 Å². The monoisotopic (exact) mass is 590 g/mol. The first kappa shape index (κ1) is 26.6. The Kier molecular flexibility index (Phi) is 5.85. The molecule has 0 amide bonds. The molecule has 0 fully saturated rings. The molecule has 2 heterocycles. The Balaban J connectivity index is 1.35. The van der Waals surface area contributed by atoms with Crippen LogP contribution in [-0.2, 0) is 5.41 Å². The number of benzene rings is 6. The van der Waals surface area contributed by atoms with Gasteiger partial charge in [0.15, 0.2) is 5.82 Å². The third-order valence-corrected chi connectivity index (χ3v) is 9.53. The van der Waals surface area contributed by atoms with E-state index < -0.39 is 0 Å². The van der Waals surface area contributed by atoms with E-state index >= 15 is 0 Å². The molecule has 0 radical (unpaired) electrons. The fraction of sp³-hybridized carbons (Fsp3) is 0.0698. The second kappa shape index (κ2) is 10.1. The molecule has 3 heteroatoms. The number of aromatic nitrogens is 2. The van der Waals surface area contributed by atoms with E-state index in [2.05, 4.69) is 123 Å². The minimum Gasteiger partial charge on any atom is -0.455 e. The quantitative estimate of drug-likeness (QED) is 0.205. The zero-order valence-corrected chi connectivity index (χ0v) is 25.7. The molecule has 6 aromatic carbocycles. The van der Waals surface area contributed by atoms with Crippen LogP contribution in [0.25, 0.3) is 78.1 Å². The van der Waals surface area contributed by atoms with Crippen molar-refractivity contribution in [1.29, 1.82) is 0 Å². The summed E-state index contributed by atoms with van der Waals surface area (Å²) >= 11 is 0. The van der Waals surface area contributed by atoms with Crippen LogP contribution in [0.2, 0.25) is 0 Å². The standard InChI is InChI=1S/C43H30N2O/c1-43(2)35-19-11-9-17-31(35)32-22-21-29(25-36(32)43)30-23-24-34-33-18-10-12-20-39(33)46-41(34)40(30)38-26-37(27-13-5-3-6-14-27)44-42(45-38)28-15-7-4-8-16-28/h3-26H,1-2H3. The summed E-state index contributed by atoms with van der Waals surface area (Å²) in [5.41, 5.74) is 13.8. The Morgan fingerprint density at radius 3 is 1.96 bits per heavy atom. The fourth-order valence-electron chi connectivity index (χ4n) is 7.20. The van der Waals surface area contributed by atoms with Gasteiger partial charge in [0.05, 0.1) is 17.0 Å². The van der Waals surface area contributed by atoms with Crippen molar-refractivity contribution in [2.75, 3.05) is 0 Å². The van der Waals surface area contributed by atoms with Gasteiger partial charge >= 0.3 is 0 Å². The highest BCUT2D eigenvalue weighted by Gasteiger charge is 2.35. The fourth-order valence-corrected chi connectivity index (χ4v) is 7.20. The molecular formula is C43H30N2O. The van der Waals surface area contributed by atoms with E-state index in [9.17, 15) is 0 Å². The van der Waals surface area contributed by atoms with Crippen molar-refractivity contribution in [1.82, 2.24) is 9.97 Å². The van der Waals surface area contributed by atoms with Gasteiger partial charge in [-0.15, -0.1) is 0 Å². The first-order valence-electron chi connectivity index (χ1n) is 15.8. The van der Waals surface area contributed by atoms with Gasteiger partial charge in [0, 0.05) is 27.3 Å². The molecule has 218 valence electrons. The van der Waals surface area contributed by atoms with Crippen molar-refractivity contribution in [2.45, 2.75) is 19.3 Å². The van der Waals surface area contributed by atoms with Crippen molar-refractivity contribution in [3.05, 3.63) is 157 Å². The van der Waals surface area contributed by atoms with Gasteiger partial charge in [0.25, 0.3) is 0 Å². The average molecular weight is 591 g/mol. The minimum absolute atomic E-state index is 0.110. The number of para-hydroxylation sites is 1. The summed E-state index contributed by atoms with van der Waals surface area (Å²) in [6.45, 7) is 4.65.